The van der Waals surface area contributed by atoms with E-state index in [1.54, 1.807) is 6.08 Å². The van der Waals surface area contributed by atoms with Crippen molar-refractivity contribution in [2.75, 3.05) is 0 Å². The van der Waals surface area contributed by atoms with Crippen LogP contribution < -0.4 is 0 Å². The molecule has 0 radical (unpaired) electrons. The first-order valence-corrected chi connectivity index (χ1v) is 10.3. The summed E-state index contributed by atoms with van der Waals surface area (Å²) in [5, 5.41) is 0. The van der Waals surface area contributed by atoms with Gasteiger partial charge in [-0.15, -0.1) is 0 Å². The van der Waals surface area contributed by atoms with Crippen LogP contribution in [0.5, 0.6) is 0 Å². The Balaban J connectivity index is 3.42. The third-order valence-corrected chi connectivity index (χ3v) is 3.68. The van der Waals surface area contributed by atoms with Gasteiger partial charge in [-0.05, 0) is 65.7 Å². The Morgan fingerprint density at radius 1 is 0.731 bits per heavy atom. The van der Waals surface area contributed by atoms with Gasteiger partial charge in [-0.2, -0.15) is 0 Å². The van der Waals surface area contributed by atoms with Crippen LogP contribution in [0.4, 0.5) is 0 Å². The lowest BCUT2D eigenvalue weighted by Gasteiger charge is -2.17. The van der Waals surface area contributed by atoms with E-state index >= 15 is 0 Å². The average molecular weight is 361 g/mol. The van der Waals surface area contributed by atoms with E-state index in [0.29, 0.717) is 0 Å². The smallest absolute Gasteiger partial charge is 0.330 e. The van der Waals surface area contributed by atoms with E-state index in [1.165, 1.54) is 32.1 Å². The number of hydrogen-bond donors (Lipinski definition) is 0. The lowest BCUT2D eigenvalue weighted by molar-refractivity contribution is -0.148. The van der Waals surface area contributed by atoms with E-state index in [4.69, 9.17) is 4.74 Å². The molecule has 0 amide bonds. The van der Waals surface area contributed by atoms with Crippen LogP contribution in [-0.2, 0) is 9.53 Å². The summed E-state index contributed by atoms with van der Waals surface area (Å²) in [5.74, 6) is -0.239. The van der Waals surface area contributed by atoms with Crippen LogP contribution >= 0.6 is 0 Å². The maximum atomic E-state index is 11.5. The molecule has 0 aromatic carbocycles. The lowest BCUT2D eigenvalue weighted by atomic mass is 10.1. The van der Waals surface area contributed by atoms with Crippen molar-refractivity contribution in [2.45, 2.75) is 97.5 Å². The van der Waals surface area contributed by atoms with Gasteiger partial charge in [-0.25, -0.2) is 4.79 Å². The largest absolute Gasteiger partial charge is 0.457 e. The molecule has 0 saturated carbocycles. The van der Waals surface area contributed by atoms with E-state index in [9.17, 15) is 4.79 Å². The van der Waals surface area contributed by atoms with Crippen molar-refractivity contribution in [1.82, 2.24) is 0 Å². The summed E-state index contributed by atoms with van der Waals surface area (Å²) < 4.78 is 5.23. The Bertz CT molecular complexity index is 447. The van der Waals surface area contributed by atoms with Crippen LogP contribution in [-0.4, -0.2) is 11.6 Å². The molecular formula is C24H40O2. The highest BCUT2D eigenvalue weighted by Gasteiger charge is 2.13. The molecule has 0 N–H and O–H groups in total. The number of unbranched alkanes of at least 4 members (excludes halogenated alkanes) is 6. The SMILES string of the molecule is CC/C=C/C/C=C/C/C=C/CCCCCCC/C=C/C(=O)OC(C)(C)C. The van der Waals surface area contributed by atoms with E-state index < -0.39 is 5.60 Å². The number of hydrogen-bond acceptors (Lipinski definition) is 2. The molecule has 0 unspecified atom stereocenters. The molecular weight excluding hydrogens is 320 g/mol. The van der Waals surface area contributed by atoms with Crippen molar-refractivity contribution in [3.8, 4) is 0 Å². The van der Waals surface area contributed by atoms with Crippen molar-refractivity contribution in [3.05, 3.63) is 48.6 Å². The number of carbonyl (C=O) groups is 1. The zero-order valence-corrected chi connectivity index (χ0v) is 17.5. The summed E-state index contributed by atoms with van der Waals surface area (Å²) in [6.07, 6.45) is 28.5. The van der Waals surface area contributed by atoms with E-state index in [-0.39, 0.29) is 5.97 Å². The summed E-state index contributed by atoms with van der Waals surface area (Å²) in [4.78, 5) is 11.5. The molecule has 0 aromatic rings. The number of carbonyl (C=O) groups excluding carboxylic acids is 1. The second kappa shape index (κ2) is 16.9. The zero-order chi connectivity index (χ0) is 19.5. The van der Waals surface area contributed by atoms with E-state index in [2.05, 4.69) is 43.4 Å². The molecule has 2 heteroatoms. The van der Waals surface area contributed by atoms with Gasteiger partial charge >= 0.3 is 5.97 Å². The van der Waals surface area contributed by atoms with Crippen molar-refractivity contribution in [2.24, 2.45) is 0 Å². The highest BCUT2D eigenvalue weighted by Crippen LogP contribution is 2.10. The molecule has 0 saturated heterocycles. The van der Waals surface area contributed by atoms with Crippen LogP contribution in [0.25, 0.3) is 0 Å². The average Bonchev–Trinajstić information content (AvgIpc) is 2.56. The first-order chi connectivity index (χ1) is 12.5. The summed E-state index contributed by atoms with van der Waals surface area (Å²) in [5.41, 5.74) is -0.405. The number of esters is 1. The first-order valence-electron chi connectivity index (χ1n) is 10.3. The van der Waals surface area contributed by atoms with E-state index in [0.717, 1.165) is 32.1 Å². The maximum Gasteiger partial charge on any atom is 0.330 e. The van der Waals surface area contributed by atoms with Crippen LogP contribution in [0, 0.1) is 0 Å². The molecule has 0 fully saturated rings. The van der Waals surface area contributed by atoms with Gasteiger partial charge in [-0.3, -0.25) is 0 Å². The molecule has 2 nitrogen and oxygen atoms in total. The Labute approximate surface area is 162 Å². The zero-order valence-electron chi connectivity index (χ0n) is 17.5. The first kappa shape index (κ1) is 24.4. The van der Waals surface area contributed by atoms with E-state index in [1.807, 2.05) is 26.8 Å². The van der Waals surface area contributed by atoms with Crippen LogP contribution in [0.15, 0.2) is 48.6 Å². The van der Waals surface area contributed by atoms with Crippen molar-refractivity contribution in [3.63, 3.8) is 0 Å². The molecule has 148 valence electrons. The maximum absolute atomic E-state index is 11.5. The Morgan fingerprint density at radius 2 is 1.23 bits per heavy atom. The van der Waals surface area contributed by atoms with Gasteiger partial charge in [0, 0.05) is 6.08 Å². The van der Waals surface area contributed by atoms with Gasteiger partial charge in [0.05, 0.1) is 0 Å². The quantitative estimate of drug-likeness (QED) is 0.139. The van der Waals surface area contributed by atoms with Gasteiger partial charge < -0.3 is 4.74 Å². The summed E-state index contributed by atoms with van der Waals surface area (Å²) in [7, 11) is 0. The molecule has 0 heterocycles. The monoisotopic (exact) mass is 360 g/mol. The highest BCUT2D eigenvalue weighted by molar-refractivity contribution is 5.82. The van der Waals surface area contributed by atoms with Gasteiger partial charge in [-0.1, -0.05) is 68.7 Å². The molecule has 0 aliphatic heterocycles. The van der Waals surface area contributed by atoms with Crippen molar-refractivity contribution >= 4 is 5.97 Å². The van der Waals surface area contributed by atoms with Crippen LogP contribution in [0.3, 0.4) is 0 Å². The normalized spacial score (nSPS) is 12.9. The third kappa shape index (κ3) is 20.5. The lowest BCUT2D eigenvalue weighted by Crippen LogP contribution is -2.22. The van der Waals surface area contributed by atoms with Crippen molar-refractivity contribution in [1.29, 1.82) is 0 Å². The summed E-state index contributed by atoms with van der Waals surface area (Å²) >= 11 is 0. The number of ether oxygens (including phenoxy) is 1. The van der Waals surface area contributed by atoms with Gasteiger partial charge in [0.1, 0.15) is 5.60 Å². The van der Waals surface area contributed by atoms with Crippen LogP contribution in [0.1, 0.15) is 91.9 Å². The number of allylic oxidation sites excluding steroid dienone is 7. The molecule has 26 heavy (non-hydrogen) atoms. The minimum absolute atomic E-state index is 0.239. The minimum atomic E-state index is -0.405. The molecule has 0 atom stereocenters. The topological polar surface area (TPSA) is 26.3 Å². The Hall–Kier alpha value is -1.57. The Morgan fingerprint density at radius 3 is 1.81 bits per heavy atom. The fourth-order valence-corrected chi connectivity index (χ4v) is 2.40. The summed E-state index contributed by atoms with van der Waals surface area (Å²) in [6.45, 7) is 7.82. The van der Waals surface area contributed by atoms with Crippen LogP contribution in [0.2, 0.25) is 0 Å². The standard InChI is InChI=1S/C24H40O2/c1-5-6-7-8-9-10-11-12-13-14-15-16-17-18-19-20-21-22-23(25)26-24(2,3)4/h6-7,9-10,12-13,21-22H,5,8,11,14-20H2,1-4H3/b7-6+,10-9+,13-12+,22-21+. The third-order valence-electron chi connectivity index (χ3n) is 3.68. The fraction of sp³-hybridized carbons (Fsp3) is 0.625. The second-order valence-electron chi connectivity index (χ2n) is 7.57. The highest BCUT2D eigenvalue weighted by atomic mass is 16.6. The fourth-order valence-electron chi connectivity index (χ4n) is 2.40. The summed E-state index contributed by atoms with van der Waals surface area (Å²) in [6, 6.07) is 0. The molecule has 0 aliphatic rings. The molecule has 0 aliphatic carbocycles. The van der Waals surface area contributed by atoms with Gasteiger partial charge in [0.25, 0.3) is 0 Å². The molecule has 0 bridgehead atoms. The van der Waals surface area contributed by atoms with Gasteiger partial charge in [0.15, 0.2) is 0 Å². The molecule has 0 aromatic heterocycles. The predicted octanol–water partition coefficient (Wildman–Crippen LogP) is 7.47. The second-order valence-corrected chi connectivity index (χ2v) is 7.57. The molecule has 0 spiro atoms. The minimum Gasteiger partial charge on any atom is -0.457 e. The Kier molecular flexibility index (Phi) is 15.9. The number of rotatable bonds is 14. The van der Waals surface area contributed by atoms with Crippen molar-refractivity contribution < 1.29 is 9.53 Å². The molecule has 0 rings (SSSR count). The predicted molar refractivity (Wildman–Crippen MR) is 114 cm³/mol. The van der Waals surface area contributed by atoms with Gasteiger partial charge in [0.2, 0.25) is 0 Å².